The highest BCUT2D eigenvalue weighted by molar-refractivity contribution is 7.98. The van der Waals surface area contributed by atoms with Crippen molar-refractivity contribution in [3.63, 3.8) is 0 Å². The lowest BCUT2D eigenvalue weighted by Crippen LogP contribution is -2.19. The van der Waals surface area contributed by atoms with E-state index in [1.807, 2.05) is 36.0 Å². The maximum absolute atomic E-state index is 7.31. The van der Waals surface area contributed by atoms with Crippen molar-refractivity contribution in [3.05, 3.63) is 29.8 Å². The molecule has 1 aromatic rings. The first-order valence-corrected chi connectivity index (χ1v) is 6.69. The van der Waals surface area contributed by atoms with Crippen LogP contribution < -0.4 is 10.6 Å². The summed E-state index contributed by atoms with van der Waals surface area (Å²) in [5.74, 6) is 1.31. The zero-order valence-electron chi connectivity index (χ0n) is 9.86. The minimum Gasteiger partial charge on any atom is -0.384 e. The zero-order valence-corrected chi connectivity index (χ0v) is 10.7. The fourth-order valence-corrected chi connectivity index (χ4v) is 1.89. The predicted octanol–water partition coefficient (Wildman–Crippen LogP) is 2.16. The molecule has 0 saturated carbocycles. The fourth-order valence-electron chi connectivity index (χ4n) is 1.47. The van der Waals surface area contributed by atoms with Gasteiger partial charge in [0, 0.05) is 24.8 Å². The Kier molecular flexibility index (Phi) is 5.19. The number of anilines is 1. The summed E-state index contributed by atoms with van der Waals surface area (Å²) in [6, 6.07) is 7.80. The Bertz CT molecular complexity index is 335. The van der Waals surface area contributed by atoms with Gasteiger partial charge in [-0.25, -0.2) is 0 Å². The Labute approximate surface area is 102 Å². The van der Waals surface area contributed by atoms with Crippen molar-refractivity contribution in [3.8, 4) is 0 Å². The second kappa shape index (κ2) is 6.43. The van der Waals surface area contributed by atoms with E-state index < -0.39 is 0 Å². The molecule has 0 radical (unpaired) electrons. The number of nitrogens with zero attached hydrogens (tertiary/aromatic N) is 1. The third kappa shape index (κ3) is 3.77. The molecule has 88 valence electrons. The van der Waals surface area contributed by atoms with E-state index in [2.05, 4.69) is 18.2 Å². The highest BCUT2D eigenvalue weighted by atomic mass is 32.2. The van der Waals surface area contributed by atoms with Crippen molar-refractivity contribution in [2.24, 2.45) is 5.73 Å². The molecule has 0 atom stereocenters. The number of rotatable bonds is 6. The molecule has 16 heavy (non-hydrogen) atoms. The van der Waals surface area contributed by atoms with Crippen LogP contribution in [0.5, 0.6) is 0 Å². The first-order valence-electron chi connectivity index (χ1n) is 5.29. The van der Waals surface area contributed by atoms with Gasteiger partial charge < -0.3 is 10.6 Å². The van der Waals surface area contributed by atoms with Gasteiger partial charge in [-0.05, 0) is 42.7 Å². The molecule has 0 fully saturated rings. The number of benzene rings is 1. The highest BCUT2D eigenvalue weighted by Gasteiger charge is 2.01. The molecular formula is C12H19N3S. The number of nitrogen functional groups attached to an aromatic ring is 1. The van der Waals surface area contributed by atoms with Crippen LogP contribution in [0.25, 0.3) is 0 Å². The molecule has 1 rings (SSSR count). The number of hydrogen-bond acceptors (Lipinski definition) is 3. The van der Waals surface area contributed by atoms with Gasteiger partial charge in [-0.15, -0.1) is 0 Å². The van der Waals surface area contributed by atoms with E-state index in [-0.39, 0.29) is 5.84 Å². The summed E-state index contributed by atoms with van der Waals surface area (Å²) in [6.07, 6.45) is 3.31. The van der Waals surface area contributed by atoms with E-state index in [0.717, 1.165) is 12.1 Å². The molecule has 0 bridgehead atoms. The summed E-state index contributed by atoms with van der Waals surface area (Å²) >= 11 is 1.87. The molecule has 0 aliphatic carbocycles. The normalized spacial score (nSPS) is 10.1. The Morgan fingerprint density at radius 3 is 2.50 bits per heavy atom. The predicted molar refractivity (Wildman–Crippen MR) is 73.7 cm³/mol. The van der Waals surface area contributed by atoms with Gasteiger partial charge in [0.1, 0.15) is 5.84 Å². The first kappa shape index (κ1) is 12.9. The summed E-state index contributed by atoms with van der Waals surface area (Å²) in [6.45, 7) is 1.06. The number of thioether (sulfide) groups is 1. The Balaban J connectivity index is 2.56. The third-order valence-corrected chi connectivity index (χ3v) is 3.16. The topological polar surface area (TPSA) is 53.1 Å². The van der Waals surface area contributed by atoms with E-state index in [1.54, 1.807) is 0 Å². The fraction of sp³-hybridized carbons (Fsp3) is 0.417. The Hall–Kier alpha value is -1.16. The smallest absolute Gasteiger partial charge is 0.122 e. The van der Waals surface area contributed by atoms with Gasteiger partial charge >= 0.3 is 0 Å². The van der Waals surface area contributed by atoms with Gasteiger partial charge in [-0.3, -0.25) is 5.41 Å². The molecule has 0 spiro atoms. The zero-order chi connectivity index (χ0) is 12.0. The van der Waals surface area contributed by atoms with Crippen LogP contribution >= 0.6 is 11.8 Å². The van der Waals surface area contributed by atoms with Crippen molar-refractivity contribution < 1.29 is 0 Å². The monoisotopic (exact) mass is 237 g/mol. The van der Waals surface area contributed by atoms with Crippen molar-refractivity contribution in [1.29, 1.82) is 5.41 Å². The van der Waals surface area contributed by atoms with E-state index in [0.29, 0.717) is 0 Å². The van der Waals surface area contributed by atoms with E-state index in [1.165, 1.54) is 17.9 Å². The van der Waals surface area contributed by atoms with Crippen molar-refractivity contribution in [1.82, 2.24) is 0 Å². The highest BCUT2D eigenvalue weighted by Crippen LogP contribution is 2.14. The minimum absolute atomic E-state index is 0.122. The standard InChI is InChI=1S/C12H19N3S/c1-15(8-3-9-16-2)11-6-4-10(5-7-11)12(13)14/h4-7H,3,8-9H2,1-2H3,(H3,13,14). The average Bonchev–Trinajstić information content (AvgIpc) is 2.29. The third-order valence-electron chi connectivity index (χ3n) is 2.46. The van der Waals surface area contributed by atoms with Crippen molar-refractivity contribution in [2.75, 3.05) is 30.5 Å². The number of amidine groups is 1. The van der Waals surface area contributed by atoms with Crippen LogP contribution in [0.2, 0.25) is 0 Å². The second-order valence-corrected chi connectivity index (χ2v) is 4.71. The van der Waals surface area contributed by atoms with Crippen LogP contribution in [0.4, 0.5) is 5.69 Å². The lowest BCUT2D eigenvalue weighted by Gasteiger charge is -2.19. The van der Waals surface area contributed by atoms with E-state index in [9.17, 15) is 0 Å². The molecule has 0 aliphatic rings. The quantitative estimate of drug-likeness (QED) is 0.453. The second-order valence-electron chi connectivity index (χ2n) is 3.73. The summed E-state index contributed by atoms with van der Waals surface area (Å²) in [5.41, 5.74) is 7.36. The maximum atomic E-state index is 7.31. The molecule has 4 heteroatoms. The summed E-state index contributed by atoms with van der Waals surface area (Å²) in [7, 11) is 2.09. The molecular weight excluding hydrogens is 218 g/mol. The molecule has 0 unspecified atom stereocenters. The molecule has 0 amide bonds. The lowest BCUT2D eigenvalue weighted by atomic mass is 10.2. The minimum atomic E-state index is 0.122. The molecule has 0 aromatic heterocycles. The molecule has 0 aliphatic heterocycles. The first-order chi connectivity index (χ1) is 7.65. The van der Waals surface area contributed by atoms with Gasteiger partial charge in [0.2, 0.25) is 0 Å². The van der Waals surface area contributed by atoms with E-state index in [4.69, 9.17) is 11.1 Å². The van der Waals surface area contributed by atoms with Crippen LogP contribution in [-0.4, -0.2) is 31.4 Å². The van der Waals surface area contributed by atoms with Crippen LogP contribution in [0.3, 0.4) is 0 Å². The molecule has 0 saturated heterocycles. The maximum Gasteiger partial charge on any atom is 0.122 e. The Morgan fingerprint density at radius 1 is 1.38 bits per heavy atom. The number of hydrogen-bond donors (Lipinski definition) is 2. The van der Waals surface area contributed by atoms with Crippen LogP contribution in [0, 0.1) is 5.41 Å². The Morgan fingerprint density at radius 2 is 2.00 bits per heavy atom. The van der Waals surface area contributed by atoms with Crippen LogP contribution in [-0.2, 0) is 0 Å². The van der Waals surface area contributed by atoms with Crippen molar-refractivity contribution >= 4 is 23.3 Å². The van der Waals surface area contributed by atoms with Gasteiger partial charge in [-0.1, -0.05) is 0 Å². The lowest BCUT2D eigenvalue weighted by molar-refractivity contribution is 0.860. The van der Waals surface area contributed by atoms with Gasteiger partial charge in [0.15, 0.2) is 0 Å². The average molecular weight is 237 g/mol. The van der Waals surface area contributed by atoms with Crippen LogP contribution in [0.1, 0.15) is 12.0 Å². The summed E-state index contributed by atoms with van der Waals surface area (Å²) < 4.78 is 0. The van der Waals surface area contributed by atoms with E-state index >= 15 is 0 Å². The molecule has 3 N–H and O–H groups in total. The largest absolute Gasteiger partial charge is 0.384 e. The summed E-state index contributed by atoms with van der Waals surface area (Å²) in [5, 5.41) is 7.31. The number of nitrogens with one attached hydrogen (secondary N) is 1. The number of nitrogens with two attached hydrogens (primary N) is 1. The molecule has 3 nitrogen and oxygen atoms in total. The van der Waals surface area contributed by atoms with Crippen LogP contribution in [0.15, 0.2) is 24.3 Å². The van der Waals surface area contributed by atoms with Crippen molar-refractivity contribution in [2.45, 2.75) is 6.42 Å². The SMILES string of the molecule is CSCCCN(C)c1ccc(C(=N)N)cc1. The summed E-state index contributed by atoms with van der Waals surface area (Å²) in [4.78, 5) is 2.22. The van der Waals surface area contributed by atoms with Gasteiger partial charge in [-0.2, -0.15) is 11.8 Å². The molecule has 0 heterocycles. The molecule has 1 aromatic carbocycles. The van der Waals surface area contributed by atoms with Gasteiger partial charge in [0.25, 0.3) is 0 Å². The van der Waals surface area contributed by atoms with Gasteiger partial charge in [0.05, 0.1) is 0 Å².